The van der Waals surface area contributed by atoms with Crippen molar-refractivity contribution in [3.05, 3.63) is 18.0 Å². The fourth-order valence-corrected chi connectivity index (χ4v) is 2.97. The molecule has 1 aromatic rings. The minimum atomic E-state index is 0.463. The molecule has 15 heavy (non-hydrogen) atoms. The van der Waals surface area contributed by atoms with Gasteiger partial charge in [0.1, 0.15) is 0 Å². The highest BCUT2D eigenvalue weighted by Crippen LogP contribution is 2.33. The lowest BCUT2D eigenvalue weighted by Gasteiger charge is -2.29. The van der Waals surface area contributed by atoms with Crippen molar-refractivity contribution in [3.8, 4) is 0 Å². The highest BCUT2D eigenvalue weighted by molar-refractivity contribution is 9.09. The van der Waals surface area contributed by atoms with Crippen LogP contribution in [0, 0.1) is 5.41 Å². The number of rotatable bonds is 6. The molecule has 1 heterocycles. The van der Waals surface area contributed by atoms with Crippen LogP contribution in [0.1, 0.15) is 38.8 Å². The third-order valence-corrected chi connectivity index (χ3v) is 4.81. The minimum absolute atomic E-state index is 0.463. The van der Waals surface area contributed by atoms with Gasteiger partial charge in [-0.2, -0.15) is 5.10 Å². The Bertz CT molecular complexity index is 281. The van der Waals surface area contributed by atoms with Crippen molar-refractivity contribution in [2.45, 2.75) is 39.5 Å². The van der Waals surface area contributed by atoms with E-state index in [2.05, 4.69) is 40.9 Å². The topological polar surface area (TPSA) is 17.8 Å². The van der Waals surface area contributed by atoms with E-state index in [0.717, 1.165) is 11.8 Å². The Balaban J connectivity index is 2.58. The summed E-state index contributed by atoms with van der Waals surface area (Å²) < 4.78 is 1.98. The van der Waals surface area contributed by atoms with Crippen molar-refractivity contribution in [1.82, 2.24) is 9.78 Å². The molecule has 0 aliphatic carbocycles. The molecule has 0 saturated heterocycles. The molecule has 0 aromatic carbocycles. The van der Waals surface area contributed by atoms with Crippen LogP contribution in [0.4, 0.5) is 0 Å². The first kappa shape index (κ1) is 12.8. The van der Waals surface area contributed by atoms with Gasteiger partial charge >= 0.3 is 0 Å². The van der Waals surface area contributed by atoms with Crippen molar-refractivity contribution in [2.75, 3.05) is 5.33 Å². The van der Waals surface area contributed by atoms with Crippen LogP contribution in [0.3, 0.4) is 0 Å². The largest absolute Gasteiger partial charge is 0.273 e. The van der Waals surface area contributed by atoms with E-state index in [4.69, 9.17) is 0 Å². The van der Waals surface area contributed by atoms with Crippen LogP contribution >= 0.6 is 15.9 Å². The number of aryl methyl sites for hydroxylation is 2. The molecule has 0 N–H and O–H groups in total. The number of halogens is 1. The van der Waals surface area contributed by atoms with Crippen LogP contribution in [0.5, 0.6) is 0 Å². The molecule has 0 fully saturated rings. The van der Waals surface area contributed by atoms with Gasteiger partial charge in [-0.3, -0.25) is 4.68 Å². The van der Waals surface area contributed by atoms with E-state index < -0.39 is 0 Å². The Labute approximate surface area is 101 Å². The van der Waals surface area contributed by atoms with E-state index in [1.54, 1.807) is 0 Å². The van der Waals surface area contributed by atoms with Crippen molar-refractivity contribution in [2.24, 2.45) is 12.5 Å². The van der Waals surface area contributed by atoms with E-state index in [0.29, 0.717) is 5.41 Å². The Morgan fingerprint density at radius 3 is 2.47 bits per heavy atom. The van der Waals surface area contributed by atoms with Gasteiger partial charge in [0.15, 0.2) is 0 Å². The van der Waals surface area contributed by atoms with Crippen molar-refractivity contribution in [1.29, 1.82) is 0 Å². The third kappa shape index (κ3) is 3.07. The van der Waals surface area contributed by atoms with Gasteiger partial charge in [0.2, 0.25) is 0 Å². The van der Waals surface area contributed by atoms with E-state index in [-0.39, 0.29) is 0 Å². The lowest BCUT2D eigenvalue weighted by atomic mass is 9.80. The maximum Gasteiger partial charge on any atom is 0.0492 e. The van der Waals surface area contributed by atoms with Crippen molar-refractivity contribution < 1.29 is 0 Å². The molecule has 0 bridgehead atoms. The number of aromatic nitrogens is 2. The molecule has 0 atom stereocenters. The highest BCUT2D eigenvalue weighted by atomic mass is 79.9. The van der Waals surface area contributed by atoms with Crippen LogP contribution in [0.15, 0.2) is 12.3 Å². The van der Waals surface area contributed by atoms with Crippen molar-refractivity contribution >= 4 is 15.9 Å². The molecule has 2 nitrogen and oxygen atoms in total. The highest BCUT2D eigenvalue weighted by Gasteiger charge is 2.24. The van der Waals surface area contributed by atoms with Gasteiger partial charge in [-0.15, -0.1) is 0 Å². The summed E-state index contributed by atoms with van der Waals surface area (Å²) in [5, 5.41) is 5.30. The van der Waals surface area contributed by atoms with Gasteiger partial charge in [0.25, 0.3) is 0 Å². The smallest absolute Gasteiger partial charge is 0.0492 e. The van der Waals surface area contributed by atoms with Crippen LogP contribution in [-0.2, 0) is 13.5 Å². The number of hydrogen-bond acceptors (Lipinski definition) is 1. The third-order valence-electron chi connectivity index (χ3n) is 3.62. The molecule has 1 rings (SSSR count). The zero-order valence-electron chi connectivity index (χ0n) is 9.96. The van der Waals surface area contributed by atoms with Crippen LogP contribution in [-0.4, -0.2) is 15.1 Å². The first-order valence-corrected chi connectivity index (χ1v) is 6.82. The normalized spacial score (nSPS) is 12.0. The monoisotopic (exact) mass is 272 g/mol. The quantitative estimate of drug-likeness (QED) is 0.725. The second-order valence-electron chi connectivity index (χ2n) is 4.29. The maximum absolute atomic E-state index is 4.20. The fraction of sp³-hybridized carbons (Fsp3) is 0.750. The summed E-state index contributed by atoms with van der Waals surface area (Å²) in [5.41, 5.74) is 1.80. The summed E-state index contributed by atoms with van der Waals surface area (Å²) in [7, 11) is 2.02. The summed E-state index contributed by atoms with van der Waals surface area (Å²) >= 11 is 3.65. The zero-order chi connectivity index (χ0) is 11.3. The molecule has 0 unspecified atom stereocenters. The predicted molar refractivity (Wildman–Crippen MR) is 68.3 cm³/mol. The molecular weight excluding hydrogens is 252 g/mol. The number of alkyl halides is 1. The van der Waals surface area contributed by atoms with Gasteiger partial charge in [-0.1, -0.05) is 29.8 Å². The molecular formula is C12H21BrN2. The van der Waals surface area contributed by atoms with Crippen molar-refractivity contribution in [3.63, 3.8) is 0 Å². The summed E-state index contributed by atoms with van der Waals surface area (Å²) in [5.74, 6) is 0. The Morgan fingerprint density at radius 2 is 2.07 bits per heavy atom. The molecule has 0 spiro atoms. The molecule has 0 amide bonds. The maximum atomic E-state index is 4.20. The van der Waals surface area contributed by atoms with E-state index in [1.165, 1.54) is 25.0 Å². The summed E-state index contributed by atoms with van der Waals surface area (Å²) in [4.78, 5) is 0. The Kier molecular flexibility index (Phi) is 4.84. The number of hydrogen-bond donors (Lipinski definition) is 0. The number of nitrogens with zero attached hydrogens (tertiary/aromatic N) is 2. The second-order valence-corrected chi connectivity index (χ2v) is 4.85. The predicted octanol–water partition coefficient (Wildman–Crippen LogP) is 3.55. The first-order chi connectivity index (χ1) is 7.17. The molecule has 1 aromatic heterocycles. The van der Waals surface area contributed by atoms with E-state index in [1.807, 2.05) is 17.9 Å². The molecule has 0 aliphatic heterocycles. The van der Waals surface area contributed by atoms with Gasteiger partial charge in [0, 0.05) is 24.3 Å². The molecule has 0 aliphatic rings. The minimum Gasteiger partial charge on any atom is -0.273 e. The average molecular weight is 273 g/mol. The molecule has 0 radical (unpaired) electrons. The SMILES string of the molecule is CCC(CC)(CBr)CCc1ccnn1C. The molecule has 0 saturated carbocycles. The van der Waals surface area contributed by atoms with E-state index >= 15 is 0 Å². The van der Waals surface area contributed by atoms with Gasteiger partial charge < -0.3 is 0 Å². The van der Waals surface area contributed by atoms with Gasteiger partial charge in [0.05, 0.1) is 0 Å². The summed E-state index contributed by atoms with van der Waals surface area (Å²) in [6.07, 6.45) is 6.73. The van der Waals surface area contributed by atoms with Crippen LogP contribution in [0.25, 0.3) is 0 Å². The molecule has 3 heteroatoms. The zero-order valence-corrected chi connectivity index (χ0v) is 11.5. The second kappa shape index (κ2) is 5.69. The van der Waals surface area contributed by atoms with Gasteiger partial charge in [-0.25, -0.2) is 0 Å². The van der Waals surface area contributed by atoms with Crippen LogP contribution < -0.4 is 0 Å². The van der Waals surface area contributed by atoms with Crippen LogP contribution in [0.2, 0.25) is 0 Å². The first-order valence-electron chi connectivity index (χ1n) is 5.70. The lowest BCUT2D eigenvalue weighted by Crippen LogP contribution is -2.22. The lowest BCUT2D eigenvalue weighted by molar-refractivity contribution is 0.281. The van der Waals surface area contributed by atoms with Gasteiger partial charge in [-0.05, 0) is 37.2 Å². The fourth-order valence-electron chi connectivity index (χ4n) is 1.90. The Hall–Kier alpha value is -0.310. The molecule has 86 valence electrons. The standard InChI is InChI=1S/C12H21BrN2/c1-4-12(5-2,10-13)8-6-11-7-9-14-15(11)3/h7,9H,4-6,8,10H2,1-3H3. The summed E-state index contributed by atoms with van der Waals surface area (Å²) in [6.45, 7) is 4.57. The van der Waals surface area contributed by atoms with E-state index in [9.17, 15) is 0 Å². The average Bonchev–Trinajstić information content (AvgIpc) is 2.67. The summed E-state index contributed by atoms with van der Waals surface area (Å²) in [6, 6.07) is 2.12. The Morgan fingerprint density at radius 1 is 1.40 bits per heavy atom.